The number of likely N-dealkylation sites (tertiary alicyclic amines) is 1. The fourth-order valence-electron chi connectivity index (χ4n) is 3.21. The van der Waals surface area contributed by atoms with E-state index in [2.05, 4.69) is 10.3 Å². The minimum Gasteiger partial charge on any atom is -0.449 e. The molecule has 7 heteroatoms. The zero-order chi connectivity index (χ0) is 19.9. The van der Waals surface area contributed by atoms with Crippen LogP contribution < -0.4 is 5.32 Å². The summed E-state index contributed by atoms with van der Waals surface area (Å²) in [6.07, 6.45) is 2.74. The maximum Gasteiger partial charge on any atom is 0.409 e. The molecule has 0 bridgehead atoms. The summed E-state index contributed by atoms with van der Waals surface area (Å²) in [5.74, 6) is 0.215. The van der Waals surface area contributed by atoms with Crippen molar-refractivity contribution in [3.8, 4) is 0 Å². The fourth-order valence-corrected chi connectivity index (χ4v) is 3.99. The lowest BCUT2D eigenvalue weighted by molar-refractivity contribution is -0.126. The zero-order valence-electron chi connectivity index (χ0n) is 16.3. The Kier molecular flexibility index (Phi) is 7.03. The van der Waals surface area contributed by atoms with Gasteiger partial charge < -0.3 is 15.0 Å². The van der Waals surface area contributed by atoms with Crippen LogP contribution in [-0.4, -0.2) is 41.6 Å². The Morgan fingerprint density at radius 3 is 2.64 bits per heavy atom. The molecule has 150 valence electrons. The molecule has 1 aliphatic heterocycles. The molecule has 0 radical (unpaired) electrons. The van der Waals surface area contributed by atoms with Crippen LogP contribution in [-0.2, 0) is 9.53 Å². The number of rotatable bonds is 6. The number of aromatic nitrogens is 1. The molecule has 1 saturated heterocycles. The first-order valence-corrected chi connectivity index (χ1v) is 10.6. The highest BCUT2D eigenvalue weighted by atomic mass is 32.1. The molecule has 1 fully saturated rings. The summed E-state index contributed by atoms with van der Waals surface area (Å²) >= 11 is 1.60. The average molecular weight is 402 g/mol. The second-order valence-corrected chi connectivity index (χ2v) is 8.42. The minimum absolute atomic E-state index is 0.0132. The predicted octanol–water partition coefficient (Wildman–Crippen LogP) is 3.85. The average Bonchev–Trinajstić information content (AvgIpc) is 3.25. The molecule has 1 unspecified atom stereocenters. The van der Waals surface area contributed by atoms with E-state index in [0.717, 1.165) is 10.6 Å². The normalized spacial score (nSPS) is 16.0. The topological polar surface area (TPSA) is 71.5 Å². The highest BCUT2D eigenvalue weighted by Crippen LogP contribution is 2.26. The van der Waals surface area contributed by atoms with Crippen LogP contribution >= 0.6 is 11.3 Å². The quantitative estimate of drug-likeness (QED) is 0.798. The summed E-state index contributed by atoms with van der Waals surface area (Å²) in [5, 5.41) is 5.16. The first-order chi connectivity index (χ1) is 13.5. The summed E-state index contributed by atoms with van der Waals surface area (Å²) in [6, 6.07) is 9.46. The maximum atomic E-state index is 12.9. The Bertz CT molecular complexity index is 756. The van der Waals surface area contributed by atoms with E-state index in [1.165, 1.54) is 0 Å². The molecule has 6 nitrogen and oxygen atoms in total. The minimum atomic E-state index is -0.280. The second-order valence-electron chi connectivity index (χ2n) is 7.44. The number of amides is 2. The van der Waals surface area contributed by atoms with E-state index in [1.54, 1.807) is 22.4 Å². The summed E-state index contributed by atoms with van der Waals surface area (Å²) in [4.78, 5) is 32.2. The molecule has 0 spiro atoms. The maximum absolute atomic E-state index is 12.9. The van der Waals surface area contributed by atoms with E-state index in [1.807, 2.05) is 49.6 Å². The van der Waals surface area contributed by atoms with Gasteiger partial charge in [0.15, 0.2) is 0 Å². The Labute approximate surface area is 169 Å². The summed E-state index contributed by atoms with van der Waals surface area (Å²) < 4.78 is 5.29. The van der Waals surface area contributed by atoms with E-state index < -0.39 is 0 Å². The van der Waals surface area contributed by atoms with Gasteiger partial charge in [-0.15, -0.1) is 11.3 Å². The Hall–Kier alpha value is -2.41. The molecule has 2 aromatic heterocycles. The van der Waals surface area contributed by atoms with Gasteiger partial charge in [0.25, 0.3) is 0 Å². The van der Waals surface area contributed by atoms with Gasteiger partial charge in [-0.05, 0) is 42.3 Å². The Morgan fingerprint density at radius 2 is 2.04 bits per heavy atom. The molecule has 2 aromatic rings. The van der Waals surface area contributed by atoms with Crippen LogP contribution in [0.5, 0.6) is 0 Å². The van der Waals surface area contributed by atoms with E-state index in [9.17, 15) is 9.59 Å². The molecule has 1 aliphatic rings. The molecule has 2 amide bonds. The van der Waals surface area contributed by atoms with Gasteiger partial charge in [-0.3, -0.25) is 9.78 Å². The first-order valence-electron chi connectivity index (χ1n) is 9.71. The third-order valence-corrected chi connectivity index (χ3v) is 5.70. The van der Waals surface area contributed by atoms with Crippen LogP contribution in [0.2, 0.25) is 0 Å². The van der Waals surface area contributed by atoms with Gasteiger partial charge in [-0.2, -0.15) is 0 Å². The molecule has 0 saturated carbocycles. The molecule has 28 heavy (non-hydrogen) atoms. The fraction of sp³-hybridized carbons (Fsp3) is 0.476. The van der Waals surface area contributed by atoms with Gasteiger partial charge >= 0.3 is 6.09 Å². The van der Waals surface area contributed by atoms with Crippen molar-refractivity contribution in [1.29, 1.82) is 0 Å². The van der Waals surface area contributed by atoms with Gasteiger partial charge in [0.05, 0.1) is 12.3 Å². The number of hydrogen-bond acceptors (Lipinski definition) is 5. The summed E-state index contributed by atoms with van der Waals surface area (Å²) in [5.41, 5.74) is 0.827. The number of carbonyl (C=O) groups excluding carboxylic acids is 2. The smallest absolute Gasteiger partial charge is 0.409 e. The SMILES string of the molecule is CC(C)COC(=O)N1CCC(C(=O)NC(c2ccccn2)c2cccs2)CC1. The van der Waals surface area contributed by atoms with Crippen molar-refractivity contribution in [2.24, 2.45) is 11.8 Å². The molecule has 1 N–H and O–H groups in total. The number of ether oxygens (including phenoxy) is 1. The van der Waals surface area contributed by atoms with E-state index >= 15 is 0 Å². The van der Waals surface area contributed by atoms with Crippen LogP contribution in [0, 0.1) is 11.8 Å². The lowest BCUT2D eigenvalue weighted by Crippen LogP contribution is -2.44. The van der Waals surface area contributed by atoms with Crippen molar-refractivity contribution in [3.63, 3.8) is 0 Å². The number of nitrogens with zero attached hydrogens (tertiary/aromatic N) is 2. The number of nitrogens with one attached hydrogen (secondary N) is 1. The van der Waals surface area contributed by atoms with Crippen molar-refractivity contribution < 1.29 is 14.3 Å². The van der Waals surface area contributed by atoms with E-state index in [0.29, 0.717) is 38.5 Å². The number of thiophene rings is 1. The molecular weight excluding hydrogens is 374 g/mol. The molecule has 1 atom stereocenters. The highest BCUT2D eigenvalue weighted by Gasteiger charge is 2.30. The van der Waals surface area contributed by atoms with Crippen molar-refractivity contribution in [1.82, 2.24) is 15.2 Å². The number of hydrogen-bond donors (Lipinski definition) is 1. The van der Waals surface area contributed by atoms with Gasteiger partial charge in [0, 0.05) is 30.1 Å². The highest BCUT2D eigenvalue weighted by molar-refractivity contribution is 7.10. The van der Waals surface area contributed by atoms with Crippen LogP contribution in [0.4, 0.5) is 4.79 Å². The predicted molar refractivity (Wildman–Crippen MR) is 109 cm³/mol. The molecule has 0 aliphatic carbocycles. The van der Waals surface area contributed by atoms with E-state index in [4.69, 9.17) is 4.74 Å². The van der Waals surface area contributed by atoms with Crippen LogP contribution in [0.3, 0.4) is 0 Å². The molecule has 0 aromatic carbocycles. The Balaban J connectivity index is 1.58. The van der Waals surface area contributed by atoms with Crippen LogP contribution in [0.1, 0.15) is 43.3 Å². The zero-order valence-corrected chi connectivity index (χ0v) is 17.2. The third-order valence-electron chi connectivity index (χ3n) is 4.76. The van der Waals surface area contributed by atoms with Gasteiger partial charge in [-0.1, -0.05) is 26.0 Å². The van der Waals surface area contributed by atoms with Crippen molar-refractivity contribution in [2.75, 3.05) is 19.7 Å². The lowest BCUT2D eigenvalue weighted by atomic mass is 9.95. The monoisotopic (exact) mass is 401 g/mol. The third kappa shape index (κ3) is 5.32. The summed E-state index contributed by atoms with van der Waals surface area (Å²) in [6.45, 7) is 5.53. The molecule has 3 rings (SSSR count). The van der Waals surface area contributed by atoms with Crippen molar-refractivity contribution >= 4 is 23.3 Å². The molecule has 3 heterocycles. The Morgan fingerprint density at radius 1 is 1.25 bits per heavy atom. The number of piperidine rings is 1. The summed E-state index contributed by atoms with van der Waals surface area (Å²) in [7, 11) is 0. The van der Waals surface area contributed by atoms with Crippen molar-refractivity contribution in [2.45, 2.75) is 32.7 Å². The van der Waals surface area contributed by atoms with Crippen molar-refractivity contribution in [3.05, 3.63) is 52.5 Å². The standard InChI is InChI=1S/C21H27N3O3S/c1-15(2)14-27-21(26)24-11-8-16(9-12-24)20(25)23-19(18-7-5-13-28-18)17-6-3-4-10-22-17/h3-7,10,13,15-16,19H,8-9,11-12,14H2,1-2H3,(H,23,25). The first kappa shape index (κ1) is 20.3. The van der Waals surface area contributed by atoms with Gasteiger partial charge in [0.1, 0.15) is 6.04 Å². The number of carbonyl (C=O) groups is 2. The largest absolute Gasteiger partial charge is 0.449 e. The number of pyridine rings is 1. The van der Waals surface area contributed by atoms with Gasteiger partial charge in [0.2, 0.25) is 5.91 Å². The van der Waals surface area contributed by atoms with Crippen LogP contribution in [0.15, 0.2) is 41.9 Å². The van der Waals surface area contributed by atoms with Gasteiger partial charge in [-0.25, -0.2) is 4.79 Å². The second kappa shape index (κ2) is 9.68. The molecular formula is C21H27N3O3S. The lowest BCUT2D eigenvalue weighted by Gasteiger charge is -2.31. The van der Waals surface area contributed by atoms with Crippen LogP contribution in [0.25, 0.3) is 0 Å². The van der Waals surface area contributed by atoms with E-state index in [-0.39, 0.29) is 24.0 Å².